The van der Waals surface area contributed by atoms with Gasteiger partial charge in [0.15, 0.2) is 23.2 Å². The van der Waals surface area contributed by atoms with Crippen molar-refractivity contribution >= 4 is 53.1 Å². The fraction of sp³-hybridized carbons (Fsp3) is 0.429. The van der Waals surface area contributed by atoms with Crippen LogP contribution in [0.5, 0.6) is 5.75 Å². The van der Waals surface area contributed by atoms with Crippen molar-refractivity contribution in [1.29, 1.82) is 0 Å². The summed E-state index contributed by atoms with van der Waals surface area (Å²) >= 11 is 6.31. The number of rotatable bonds is 13. The molecule has 1 aliphatic heterocycles. The number of imidazole rings is 1. The molecular formula is C28H34ClN6O8P. The summed E-state index contributed by atoms with van der Waals surface area (Å²) in [6, 6.07) is 11.5. The highest BCUT2D eigenvalue weighted by Crippen LogP contribution is 2.48. The van der Waals surface area contributed by atoms with Gasteiger partial charge in [-0.05, 0) is 36.4 Å². The standard InChI is InChI=1S/C28H34ClN6O8P/c1-3-4-7-13-40-27(38)16(2)34-44(39,43-19-12-8-10-17-9-5-6-11-18(17)19)41-14-20-22(36)23(37)26(42-20)35-25-21(33-28(35)29)24(30)31-15-32-25/h5-6,8-12,15-16,20,22-23,26,36-37H,3-4,7,13-14H2,1-2H3,(H,34,39)(H2,30,31,32)/t16-,20+,22+,23+,26+,44?/m0/s1. The Morgan fingerprint density at radius 3 is 2.75 bits per heavy atom. The Morgan fingerprint density at radius 1 is 1.18 bits per heavy atom. The first kappa shape index (κ1) is 32.0. The second kappa shape index (κ2) is 13.7. The number of nitrogens with two attached hydrogens (primary N) is 1. The molecule has 0 saturated carbocycles. The molecule has 2 aromatic carbocycles. The number of aliphatic hydroxyl groups excluding tert-OH is 2. The normalized spacial score (nSPS) is 22.2. The zero-order valence-electron chi connectivity index (χ0n) is 24.1. The van der Waals surface area contributed by atoms with Crippen LogP contribution in [-0.4, -0.2) is 73.3 Å². The predicted molar refractivity (Wildman–Crippen MR) is 162 cm³/mol. The largest absolute Gasteiger partial charge is 0.465 e. The van der Waals surface area contributed by atoms with Crippen molar-refractivity contribution < 1.29 is 38.1 Å². The van der Waals surface area contributed by atoms with Gasteiger partial charge >= 0.3 is 13.7 Å². The van der Waals surface area contributed by atoms with Crippen molar-refractivity contribution in [1.82, 2.24) is 24.6 Å². The van der Waals surface area contributed by atoms with Crippen LogP contribution >= 0.6 is 19.3 Å². The second-order valence-electron chi connectivity index (χ2n) is 10.3. The van der Waals surface area contributed by atoms with Gasteiger partial charge in [-0.3, -0.25) is 13.9 Å². The maximum atomic E-state index is 14.2. The number of aliphatic hydroxyl groups is 2. The number of hydrogen-bond acceptors (Lipinski definition) is 12. The predicted octanol–water partition coefficient (Wildman–Crippen LogP) is 3.75. The van der Waals surface area contributed by atoms with Crippen LogP contribution in [0, 0.1) is 0 Å². The van der Waals surface area contributed by atoms with Gasteiger partial charge in [-0.2, -0.15) is 5.09 Å². The van der Waals surface area contributed by atoms with Crippen molar-refractivity contribution in [3.8, 4) is 5.75 Å². The molecule has 0 bridgehead atoms. The van der Waals surface area contributed by atoms with Crippen molar-refractivity contribution in [2.75, 3.05) is 18.9 Å². The van der Waals surface area contributed by atoms with Gasteiger partial charge in [0.2, 0.25) is 5.28 Å². The van der Waals surface area contributed by atoms with Gasteiger partial charge in [-0.25, -0.2) is 19.5 Å². The molecule has 1 saturated heterocycles. The third-order valence-electron chi connectivity index (χ3n) is 7.13. The van der Waals surface area contributed by atoms with E-state index in [4.69, 9.17) is 35.9 Å². The molecule has 5 rings (SSSR count). The Hall–Kier alpha value is -3.36. The third-order valence-corrected chi connectivity index (χ3v) is 9.02. The highest BCUT2D eigenvalue weighted by molar-refractivity contribution is 7.52. The van der Waals surface area contributed by atoms with Gasteiger partial charge in [0.05, 0.1) is 13.2 Å². The van der Waals surface area contributed by atoms with Gasteiger partial charge < -0.3 is 29.9 Å². The number of nitrogen functional groups attached to an aromatic ring is 1. The van der Waals surface area contributed by atoms with E-state index in [1.54, 1.807) is 24.3 Å². The molecule has 0 radical (unpaired) electrons. The zero-order chi connectivity index (χ0) is 31.4. The van der Waals surface area contributed by atoms with E-state index in [1.165, 1.54) is 17.8 Å². The van der Waals surface area contributed by atoms with Gasteiger partial charge in [-0.1, -0.05) is 56.2 Å². The Bertz CT molecular complexity index is 1670. The maximum absolute atomic E-state index is 14.2. The lowest BCUT2D eigenvalue weighted by molar-refractivity contribution is -0.145. The Balaban J connectivity index is 1.36. The molecule has 0 spiro atoms. The Labute approximate surface area is 258 Å². The first-order chi connectivity index (χ1) is 21.1. The van der Waals surface area contributed by atoms with E-state index >= 15 is 0 Å². The van der Waals surface area contributed by atoms with Crippen LogP contribution < -0.4 is 15.3 Å². The SMILES string of the molecule is CCCCCOC(=O)[C@H](C)NP(=O)(OC[C@H]1O[C@@H](n2c(Cl)nc3c(N)ncnc32)[C@H](O)[C@@H]1O)Oc1cccc2ccccc12. The summed E-state index contributed by atoms with van der Waals surface area (Å²) in [5, 5.41) is 25.8. The molecule has 0 aliphatic carbocycles. The molecule has 1 unspecified atom stereocenters. The summed E-state index contributed by atoms with van der Waals surface area (Å²) in [7, 11) is -4.34. The Kier molecular flexibility index (Phi) is 10.0. The smallest absolute Gasteiger partial charge is 0.459 e. The number of nitrogens with zero attached hydrogens (tertiary/aromatic N) is 4. The lowest BCUT2D eigenvalue weighted by Gasteiger charge is -2.25. The van der Waals surface area contributed by atoms with E-state index in [0.29, 0.717) is 11.8 Å². The van der Waals surface area contributed by atoms with Crippen LogP contribution in [0.2, 0.25) is 5.28 Å². The van der Waals surface area contributed by atoms with Crippen LogP contribution in [0.3, 0.4) is 0 Å². The van der Waals surface area contributed by atoms with Gasteiger partial charge in [0.25, 0.3) is 0 Å². The number of esters is 1. The number of aromatic nitrogens is 4. The van der Waals surface area contributed by atoms with E-state index in [1.807, 2.05) is 25.1 Å². The summed E-state index contributed by atoms with van der Waals surface area (Å²) in [6.45, 7) is 3.22. The number of halogens is 1. The van der Waals surface area contributed by atoms with Crippen molar-refractivity contribution in [3.05, 3.63) is 54.1 Å². The van der Waals surface area contributed by atoms with Crippen LogP contribution in [0.4, 0.5) is 5.82 Å². The second-order valence-corrected chi connectivity index (χ2v) is 12.3. The highest BCUT2D eigenvalue weighted by Gasteiger charge is 2.47. The molecule has 14 nitrogen and oxygen atoms in total. The summed E-state index contributed by atoms with van der Waals surface area (Å²) < 4.78 is 38.4. The highest BCUT2D eigenvalue weighted by atomic mass is 35.5. The average molecular weight is 649 g/mol. The topological polar surface area (TPSA) is 193 Å². The number of nitrogens with one attached hydrogen (secondary N) is 1. The number of unbranched alkanes of at least 4 members (excludes halogenated alkanes) is 2. The summed E-state index contributed by atoms with van der Waals surface area (Å²) in [4.78, 5) is 24.8. The molecule has 1 fully saturated rings. The lowest BCUT2D eigenvalue weighted by Crippen LogP contribution is -2.37. The Morgan fingerprint density at radius 2 is 1.95 bits per heavy atom. The zero-order valence-corrected chi connectivity index (χ0v) is 25.7. The molecule has 44 heavy (non-hydrogen) atoms. The fourth-order valence-electron chi connectivity index (χ4n) is 4.81. The summed E-state index contributed by atoms with van der Waals surface area (Å²) in [5.74, 6) is -0.330. The van der Waals surface area contributed by atoms with E-state index in [2.05, 4.69) is 20.0 Å². The maximum Gasteiger partial charge on any atom is 0.459 e. The van der Waals surface area contributed by atoms with Gasteiger partial charge in [-0.15, -0.1) is 0 Å². The average Bonchev–Trinajstić information content (AvgIpc) is 3.49. The van der Waals surface area contributed by atoms with Crippen LogP contribution in [0.15, 0.2) is 48.8 Å². The first-order valence-electron chi connectivity index (χ1n) is 14.1. The summed E-state index contributed by atoms with van der Waals surface area (Å²) in [6.07, 6.45) is -1.68. The minimum Gasteiger partial charge on any atom is -0.465 e. The van der Waals surface area contributed by atoms with Crippen molar-refractivity contribution in [3.63, 3.8) is 0 Å². The van der Waals surface area contributed by atoms with E-state index < -0.39 is 50.9 Å². The number of carbonyl (C=O) groups is 1. The van der Waals surface area contributed by atoms with E-state index in [-0.39, 0.29) is 34.6 Å². The minimum atomic E-state index is -4.34. The number of benzene rings is 2. The molecule has 1 aliphatic rings. The molecule has 0 amide bonds. The van der Waals surface area contributed by atoms with E-state index in [0.717, 1.165) is 18.2 Å². The first-order valence-corrected chi connectivity index (χ1v) is 16.1. The number of carbonyl (C=O) groups excluding carboxylic acids is 1. The number of ether oxygens (including phenoxy) is 2. The van der Waals surface area contributed by atoms with Crippen molar-refractivity contribution in [2.24, 2.45) is 0 Å². The van der Waals surface area contributed by atoms with Gasteiger partial charge in [0.1, 0.15) is 36.4 Å². The summed E-state index contributed by atoms with van der Waals surface area (Å²) in [5.41, 5.74) is 6.25. The molecule has 6 atom stereocenters. The third kappa shape index (κ3) is 6.81. The quantitative estimate of drug-likeness (QED) is 0.0709. The number of hydrogen-bond donors (Lipinski definition) is 4. The van der Waals surface area contributed by atoms with Crippen molar-refractivity contribution in [2.45, 2.75) is 63.7 Å². The molecule has 16 heteroatoms. The van der Waals surface area contributed by atoms with Crippen LogP contribution in [-0.2, 0) is 23.4 Å². The lowest BCUT2D eigenvalue weighted by atomic mass is 10.1. The van der Waals surface area contributed by atoms with Crippen LogP contribution in [0.1, 0.15) is 39.3 Å². The molecule has 2 aromatic heterocycles. The molecule has 236 valence electrons. The van der Waals surface area contributed by atoms with Gasteiger partial charge in [0, 0.05) is 5.39 Å². The molecule has 4 aromatic rings. The molecule has 5 N–H and O–H groups in total. The van der Waals surface area contributed by atoms with E-state index in [9.17, 15) is 19.6 Å². The molecule has 3 heterocycles. The number of anilines is 1. The number of fused-ring (bicyclic) bond motifs is 2. The monoisotopic (exact) mass is 648 g/mol. The fourth-order valence-corrected chi connectivity index (χ4v) is 6.59. The van der Waals surface area contributed by atoms with Crippen LogP contribution in [0.25, 0.3) is 21.9 Å². The molecular weight excluding hydrogens is 615 g/mol. The minimum absolute atomic E-state index is 0.0687.